The minimum Gasteiger partial charge on any atom is -0.367 e. The van der Waals surface area contributed by atoms with Crippen LogP contribution in [0.15, 0.2) is 24.5 Å². The molecule has 0 bridgehead atoms. The molecule has 2 heterocycles. The fourth-order valence-electron chi connectivity index (χ4n) is 3.39. The third-order valence-electron chi connectivity index (χ3n) is 4.94. The number of nitrogens with zero attached hydrogens (tertiary/aromatic N) is 5. The molecule has 1 amide bonds. The molecule has 0 spiro atoms. The van der Waals surface area contributed by atoms with Crippen molar-refractivity contribution in [1.29, 1.82) is 5.26 Å². The van der Waals surface area contributed by atoms with E-state index < -0.39 is 0 Å². The Morgan fingerprint density at radius 2 is 2.21 bits per heavy atom. The molecule has 3 rings (SSSR count). The maximum absolute atomic E-state index is 12.5. The number of nitriles is 1. The smallest absolute Gasteiger partial charge is 0.328 e. The van der Waals surface area contributed by atoms with Gasteiger partial charge < -0.3 is 10.2 Å². The molecule has 0 radical (unpaired) electrons. The van der Waals surface area contributed by atoms with Crippen molar-refractivity contribution in [3.05, 3.63) is 24.5 Å². The van der Waals surface area contributed by atoms with E-state index in [0.717, 1.165) is 36.4 Å². The minimum absolute atomic E-state index is 0.193. The number of rotatable bonds is 3. The number of fused-ring (bicyclic) bond motifs is 1. The lowest BCUT2D eigenvalue weighted by atomic mass is 10.1. The molecule has 1 N–H and O–H groups in total. The molecule has 1 aromatic carbocycles. The first-order valence-corrected chi connectivity index (χ1v) is 9.56. The van der Waals surface area contributed by atoms with Crippen molar-refractivity contribution < 1.29 is 4.79 Å². The van der Waals surface area contributed by atoms with Crippen LogP contribution >= 0.6 is 0 Å². The van der Waals surface area contributed by atoms with E-state index >= 15 is 0 Å². The van der Waals surface area contributed by atoms with Crippen molar-refractivity contribution >= 4 is 22.8 Å². The predicted molar refractivity (Wildman–Crippen MR) is 110 cm³/mol. The van der Waals surface area contributed by atoms with E-state index in [1.54, 1.807) is 6.33 Å². The lowest BCUT2D eigenvalue weighted by Crippen LogP contribution is -2.51. The second-order valence-electron chi connectivity index (χ2n) is 7.34. The maximum Gasteiger partial charge on any atom is 0.328 e. The Morgan fingerprint density at radius 3 is 2.96 bits per heavy atom. The van der Waals surface area contributed by atoms with E-state index in [1.807, 2.05) is 32.0 Å². The van der Waals surface area contributed by atoms with Gasteiger partial charge in [-0.05, 0) is 19.2 Å². The monoisotopic (exact) mass is 378 g/mol. The van der Waals surface area contributed by atoms with Gasteiger partial charge in [-0.25, -0.2) is 9.78 Å². The van der Waals surface area contributed by atoms with E-state index in [9.17, 15) is 4.79 Å². The van der Waals surface area contributed by atoms with Crippen molar-refractivity contribution in [3.8, 4) is 17.9 Å². The summed E-state index contributed by atoms with van der Waals surface area (Å²) in [7, 11) is 2.06. The molecule has 0 aliphatic carbocycles. The Labute approximate surface area is 165 Å². The molecule has 28 heavy (non-hydrogen) atoms. The fraction of sp³-hybridized carbons (Fsp3) is 0.476. The SMILES string of the molecule is CC(C)C#CCNC(=O)n1cnc2c(N3CCN(C)C(CC#N)C3)cccc21. The second-order valence-corrected chi connectivity index (χ2v) is 7.34. The highest BCUT2D eigenvalue weighted by molar-refractivity contribution is 5.95. The number of imidazole rings is 1. The number of hydrogen-bond donors (Lipinski definition) is 1. The Balaban J connectivity index is 1.81. The molecular formula is C21H26N6O. The molecule has 0 saturated carbocycles. The summed E-state index contributed by atoms with van der Waals surface area (Å²) < 4.78 is 1.53. The Bertz CT molecular complexity index is 945. The van der Waals surface area contributed by atoms with Gasteiger partial charge in [0, 0.05) is 31.6 Å². The van der Waals surface area contributed by atoms with Crippen LogP contribution in [0.5, 0.6) is 0 Å². The Morgan fingerprint density at radius 1 is 1.39 bits per heavy atom. The van der Waals surface area contributed by atoms with Gasteiger partial charge in [-0.15, -0.1) is 0 Å². The van der Waals surface area contributed by atoms with Gasteiger partial charge in [0.25, 0.3) is 0 Å². The van der Waals surface area contributed by atoms with Crippen LogP contribution in [0.3, 0.4) is 0 Å². The van der Waals surface area contributed by atoms with Crippen molar-refractivity contribution in [3.63, 3.8) is 0 Å². The van der Waals surface area contributed by atoms with Gasteiger partial charge in [-0.1, -0.05) is 31.8 Å². The van der Waals surface area contributed by atoms with E-state index in [1.165, 1.54) is 4.57 Å². The summed E-state index contributed by atoms with van der Waals surface area (Å²) in [4.78, 5) is 21.5. The zero-order valence-corrected chi connectivity index (χ0v) is 16.6. The number of para-hydroxylation sites is 1. The number of benzene rings is 1. The molecule has 1 aliphatic rings. The number of likely N-dealkylation sites (N-methyl/N-ethyl adjacent to an activating group) is 1. The highest BCUT2D eigenvalue weighted by Gasteiger charge is 2.26. The number of hydrogen-bond acceptors (Lipinski definition) is 5. The van der Waals surface area contributed by atoms with E-state index in [-0.39, 0.29) is 18.0 Å². The molecule has 1 aromatic heterocycles. The van der Waals surface area contributed by atoms with E-state index in [2.05, 4.69) is 45.1 Å². The van der Waals surface area contributed by atoms with Crippen molar-refractivity contribution in [2.45, 2.75) is 26.3 Å². The molecule has 146 valence electrons. The summed E-state index contributed by atoms with van der Waals surface area (Å²) in [5, 5.41) is 11.9. The summed E-state index contributed by atoms with van der Waals surface area (Å²) in [5.74, 6) is 6.26. The van der Waals surface area contributed by atoms with Crippen LogP contribution in [0.2, 0.25) is 0 Å². The summed E-state index contributed by atoms with van der Waals surface area (Å²) in [6.45, 7) is 6.86. The lowest BCUT2D eigenvalue weighted by molar-refractivity contribution is 0.221. The average molecular weight is 378 g/mol. The summed E-state index contributed by atoms with van der Waals surface area (Å²) in [5.41, 5.74) is 2.56. The van der Waals surface area contributed by atoms with Crippen LogP contribution in [0.1, 0.15) is 20.3 Å². The largest absolute Gasteiger partial charge is 0.367 e. The second kappa shape index (κ2) is 8.77. The van der Waals surface area contributed by atoms with Gasteiger partial charge >= 0.3 is 6.03 Å². The summed E-state index contributed by atoms with van der Waals surface area (Å²) >= 11 is 0. The zero-order valence-electron chi connectivity index (χ0n) is 16.6. The number of piperazine rings is 1. The van der Waals surface area contributed by atoms with Crippen molar-refractivity contribution in [1.82, 2.24) is 19.8 Å². The number of carbonyl (C=O) groups is 1. The van der Waals surface area contributed by atoms with E-state index in [0.29, 0.717) is 13.0 Å². The van der Waals surface area contributed by atoms with Crippen molar-refractivity contribution in [2.24, 2.45) is 5.92 Å². The number of aromatic nitrogens is 2. The Kier molecular flexibility index (Phi) is 6.18. The predicted octanol–water partition coefficient (Wildman–Crippen LogP) is 2.29. The highest BCUT2D eigenvalue weighted by atomic mass is 16.2. The normalized spacial score (nSPS) is 17.2. The minimum atomic E-state index is -0.238. The average Bonchev–Trinajstić information content (AvgIpc) is 3.11. The quantitative estimate of drug-likeness (QED) is 0.829. The van der Waals surface area contributed by atoms with Gasteiger partial charge in [-0.3, -0.25) is 9.47 Å². The maximum atomic E-state index is 12.5. The zero-order chi connectivity index (χ0) is 20.1. The number of carbonyl (C=O) groups excluding carboxylic acids is 1. The first-order valence-electron chi connectivity index (χ1n) is 9.56. The van der Waals surface area contributed by atoms with Crippen LogP contribution in [0, 0.1) is 29.1 Å². The van der Waals surface area contributed by atoms with Gasteiger partial charge in [0.2, 0.25) is 0 Å². The van der Waals surface area contributed by atoms with Gasteiger partial charge in [0.05, 0.1) is 30.2 Å². The fourth-order valence-corrected chi connectivity index (χ4v) is 3.39. The van der Waals surface area contributed by atoms with Gasteiger partial charge in [0.15, 0.2) is 0 Å². The molecular weight excluding hydrogens is 352 g/mol. The first kappa shape index (κ1) is 19.7. The highest BCUT2D eigenvalue weighted by Crippen LogP contribution is 2.27. The first-order chi connectivity index (χ1) is 13.5. The molecule has 1 saturated heterocycles. The molecule has 1 atom stereocenters. The van der Waals surface area contributed by atoms with E-state index in [4.69, 9.17) is 5.26 Å². The van der Waals surface area contributed by atoms with Crippen LogP contribution in [-0.4, -0.2) is 59.8 Å². The molecule has 7 nitrogen and oxygen atoms in total. The third kappa shape index (κ3) is 4.27. The standard InChI is InChI=1S/C21H26N6O/c1-16(2)6-5-11-23-21(28)27-15-24-20-18(7-4-8-19(20)27)26-13-12-25(3)17(14-26)9-10-22/h4,7-8,15-17H,9,11-14H2,1-3H3,(H,23,28). The molecule has 7 heteroatoms. The van der Waals surface area contributed by atoms with Gasteiger partial charge in [-0.2, -0.15) is 5.26 Å². The topological polar surface area (TPSA) is 77.2 Å². The van der Waals surface area contributed by atoms with Crippen LogP contribution in [0.4, 0.5) is 10.5 Å². The van der Waals surface area contributed by atoms with Crippen LogP contribution < -0.4 is 10.2 Å². The van der Waals surface area contributed by atoms with Crippen LogP contribution in [0.25, 0.3) is 11.0 Å². The summed E-state index contributed by atoms with van der Waals surface area (Å²) in [6.07, 6.45) is 2.06. The number of nitrogens with one attached hydrogen (secondary N) is 1. The van der Waals surface area contributed by atoms with Gasteiger partial charge in [0.1, 0.15) is 11.8 Å². The Hall–Kier alpha value is -3.03. The molecule has 1 aliphatic heterocycles. The number of amides is 1. The molecule has 2 aromatic rings. The molecule has 1 fully saturated rings. The number of anilines is 1. The lowest BCUT2D eigenvalue weighted by Gasteiger charge is -2.39. The van der Waals surface area contributed by atoms with Crippen LogP contribution in [-0.2, 0) is 0 Å². The molecule has 1 unspecified atom stereocenters. The summed E-state index contributed by atoms with van der Waals surface area (Å²) in [6, 6.07) is 8.10. The third-order valence-corrected chi connectivity index (χ3v) is 4.94. The van der Waals surface area contributed by atoms with Crippen molar-refractivity contribution in [2.75, 3.05) is 38.1 Å².